The van der Waals surface area contributed by atoms with Gasteiger partial charge in [-0.2, -0.15) is 0 Å². The summed E-state index contributed by atoms with van der Waals surface area (Å²) in [7, 11) is 0. The summed E-state index contributed by atoms with van der Waals surface area (Å²) in [5, 5.41) is 2.76. The van der Waals surface area contributed by atoms with Gasteiger partial charge in [0.25, 0.3) is 5.91 Å². The number of carbonyl (C=O) groups is 2. The number of carbonyl (C=O) groups excluding carboxylic acids is 2. The fourth-order valence-electron chi connectivity index (χ4n) is 3.26. The molecule has 0 aliphatic carbocycles. The molecular formula is C22H27N3O3. The van der Waals surface area contributed by atoms with Gasteiger partial charge < -0.3 is 19.9 Å². The van der Waals surface area contributed by atoms with Crippen LogP contribution in [0.3, 0.4) is 0 Å². The number of nitrogens with zero attached hydrogens (tertiary/aromatic N) is 2. The number of esters is 1. The van der Waals surface area contributed by atoms with Crippen LogP contribution in [0.1, 0.15) is 22.8 Å². The van der Waals surface area contributed by atoms with Crippen molar-refractivity contribution >= 4 is 23.3 Å². The van der Waals surface area contributed by atoms with Gasteiger partial charge in [0.1, 0.15) is 0 Å². The van der Waals surface area contributed by atoms with Crippen molar-refractivity contribution in [2.24, 2.45) is 0 Å². The van der Waals surface area contributed by atoms with Gasteiger partial charge >= 0.3 is 5.97 Å². The Balaban J connectivity index is 1.47. The molecule has 1 fully saturated rings. The third-order valence-electron chi connectivity index (χ3n) is 4.92. The number of rotatable bonds is 6. The third-order valence-corrected chi connectivity index (χ3v) is 4.92. The van der Waals surface area contributed by atoms with Crippen LogP contribution >= 0.6 is 0 Å². The topological polar surface area (TPSA) is 61.9 Å². The van der Waals surface area contributed by atoms with Gasteiger partial charge in [-0.1, -0.05) is 24.6 Å². The molecular weight excluding hydrogens is 354 g/mol. The maximum atomic E-state index is 12.1. The monoisotopic (exact) mass is 381 g/mol. The highest BCUT2D eigenvalue weighted by molar-refractivity contribution is 5.95. The number of nitrogens with one attached hydrogen (secondary N) is 1. The number of amides is 1. The maximum Gasteiger partial charge on any atom is 0.338 e. The van der Waals surface area contributed by atoms with Gasteiger partial charge in [0.05, 0.1) is 5.56 Å². The summed E-state index contributed by atoms with van der Waals surface area (Å²) in [4.78, 5) is 28.9. The van der Waals surface area contributed by atoms with Crippen molar-refractivity contribution in [2.75, 3.05) is 49.5 Å². The van der Waals surface area contributed by atoms with E-state index in [-0.39, 0.29) is 12.5 Å². The first-order chi connectivity index (χ1) is 13.5. The molecule has 28 heavy (non-hydrogen) atoms. The highest BCUT2D eigenvalue weighted by atomic mass is 16.5. The number of benzene rings is 2. The molecule has 2 aromatic carbocycles. The van der Waals surface area contributed by atoms with Crippen LogP contribution in [-0.2, 0) is 9.53 Å². The quantitative estimate of drug-likeness (QED) is 0.780. The molecule has 6 heteroatoms. The lowest BCUT2D eigenvalue weighted by atomic mass is 10.1. The van der Waals surface area contributed by atoms with Crippen LogP contribution in [0.15, 0.2) is 48.5 Å². The summed E-state index contributed by atoms with van der Waals surface area (Å²) in [5.74, 6) is -0.856. The van der Waals surface area contributed by atoms with E-state index >= 15 is 0 Å². The Morgan fingerprint density at radius 3 is 2.39 bits per heavy atom. The SMILES string of the molecule is CCN1CCN(c2ccc(NC(=O)COC(=O)c3cccc(C)c3)cc2)CC1. The first kappa shape index (κ1) is 19.9. The van der Waals surface area contributed by atoms with E-state index in [9.17, 15) is 9.59 Å². The van der Waals surface area contributed by atoms with Crippen LogP contribution in [0.25, 0.3) is 0 Å². The van der Waals surface area contributed by atoms with Crippen molar-refractivity contribution in [2.45, 2.75) is 13.8 Å². The van der Waals surface area contributed by atoms with Gasteiger partial charge in [0.2, 0.25) is 0 Å². The molecule has 1 aliphatic rings. The minimum Gasteiger partial charge on any atom is -0.452 e. The van der Waals surface area contributed by atoms with E-state index in [1.807, 2.05) is 37.3 Å². The van der Waals surface area contributed by atoms with E-state index < -0.39 is 5.97 Å². The number of anilines is 2. The van der Waals surface area contributed by atoms with Gasteiger partial charge in [0, 0.05) is 37.6 Å². The molecule has 0 unspecified atom stereocenters. The van der Waals surface area contributed by atoms with Crippen molar-refractivity contribution in [1.29, 1.82) is 0 Å². The normalized spacial score (nSPS) is 14.6. The van der Waals surface area contributed by atoms with Crippen molar-refractivity contribution in [1.82, 2.24) is 4.90 Å². The van der Waals surface area contributed by atoms with Crippen LogP contribution in [0.5, 0.6) is 0 Å². The molecule has 0 saturated carbocycles. The minimum atomic E-state index is -0.500. The molecule has 148 valence electrons. The minimum absolute atomic E-state index is 0.312. The summed E-state index contributed by atoms with van der Waals surface area (Å²) in [6.45, 7) is 9.02. The largest absolute Gasteiger partial charge is 0.452 e. The van der Waals surface area contributed by atoms with Crippen LogP contribution < -0.4 is 10.2 Å². The van der Waals surface area contributed by atoms with Crippen molar-refractivity contribution < 1.29 is 14.3 Å². The summed E-state index contributed by atoms with van der Waals surface area (Å²) in [6, 6.07) is 14.9. The van der Waals surface area contributed by atoms with Gasteiger partial charge in [0.15, 0.2) is 6.61 Å². The zero-order chi connectivity index (χ0) is 19.9. The Bertz CT molecular complexity index is 812. The highest BCUT2D eigenvalue weighted by Crippen LogP contribution is 2.19. The predicted octanol–water partition coefficient (Wildman–Crippen LogP) is 2.93. The van der Waals surface area contributed by atoms with Crippen molar-refractivity contribution in [3.8, 4) is 0 Å². The Hall–Kier alpha value is -2.86. The van der Waals surface area contributed by atoms with E-state index in [0.717, 1.165) is 44.0 Å². The molecule has 1 aliphatic heterocycles. The molecule has 0 bridgehead atoms. The number of piperazine rings is 1. The Morgan fingerprint density at radius 1 is 1.04 bits per heavy atom. The van der Waals surface area contributed by atoms with E-state index in [4.69, 9.17) is 4.74 Å². The molecule has 0 spiro atoms. The first-order valence-electron chi connectivity index (χ1n) is 9.66. The van der Waals surface area contributed by atoms with Crippen molar-refractivity contribution in [3.05, 3.63) is 59.7 Å². The van der Waals surface area contributed by atoms with Crippen LogP contribution in [0.4, 0.5) is 11.4 Å². The fourth-order valence-corrected chi connectivity index (χ4v) is 3.26. The molecule has 0 radical (unpaired) electrons. The van der Waals surface area contributed by atoms with E-state index in [2.05, 4.69) is 22.0 Å². The summed E-state index contributed by atoms with van der Waals surface area (Å²) in [6.07, 6.45) is 0. The highest BCUT2D eigenvalue weighted by Gasteiger charge is 2.16. The molecule has 6 nitrogen and oxygen atoms in total. The zero-order valence-corrected chi connectivity index (χ0v) is 16.5. The van der Waals surface area contributed by atoms with E-state index in [1.165, 1.54) is 0 Å². The summed E-state index contributed by atoms with van der Waals surface area (Å²) < 4.78 is 5.09. The molecule has 0 atom stereocenters. The number of hydrogen-bond donors (Lipinski definition) is 1. The summed E-state index contributed by atoms with van der Waals surface area (Å²) >= 11 is 0. The van der Waals surface area contributed by atoms with Crippen LogP contribution in [-0.4, -0.2) is 56.1 Å². The molecule has 1 saturated heterocycles. The summed E-state index contributed by atoms with van der Waals surface area (Å²) in [5.41, 5.74) is 3.25. The van der Waals surface area contributed by atoms with Gasteiger partial charge in [-0.25, -0.2) is 4.79 Å². The molecule has 3 rings (SSSR count). The second-order valence-corrected chi connectivity index (χ2v) is 6.96. The standard InChI is InChI=1S/C22H27N3O3/c1-3-24-11-13-25(14-12-24)20-9-7-19(8-10-20)23-21(26)16-28-22(27)18-6-4-5-17(2)15-18/h4-10,15H,3,11-14,16H2,1-2H3,(H,23,26). The molecule has 1 heterocycles. The van der Waals surface area contributed by atoms with Crippen molar-refractivity contribution in [3.63, 3.8) is 0 Å². The number of likely N-dealkylation sites (N-methyl/N-ethyl adjacent to an activating group) is 1. The number of ether oxygens (including phenoxy) is 1. The van der Waals surface area contributed by atoms with Gasteiger partial charge in [-0.3, -0.25) is 4.79 Å². The molecule has 2 aromatic rings. The lowest BCUT2D eigenvalue weighted by Crippen LogP contribution is -2.46. The number of aryl methyl sites for hydroxylation is 1. The average molecular weight is 381 g/mol. The molecule has 0 aromatic heterocycles. The third kappa shape index (κ3) is 5.33. The Morgan fingerprint density at radius 2 is 1.75 bits per heavy atom. The maximum absolute atomic E-state index is 12.1. The Labute approximate surface area is 166 Å². The molecule has 1 amide bonds. The van der Waals surface area contributed by atoms with Crippen LogP contribution in [0, 0.1) is 6.92 Å². The average Bonchev–Trinajstić information content (AvgIpc) is 2.72. The zero-order valence-electron chi connectivity index (χ0n) is 16.5. The van der Waals surface area contributed by atoms with E-state index in [1.54, 1.807) is 18.2 Å². The second kappa shape index (κ2) is 9.37. The first-order valence-corrected chi connectivity index (χ1v) is 9.66. The predicted molar refractivity (Wildman–Crippen MR) is 111 cm³/mol. The Kier molecular flexibility index (Phi) is 6.66. The second-order valence-electron chi connectivity index (χ2n) is 6.96. The fraction of sp³-hybridized carbons (Fsp3) is 0.364. The lowest BCUT2D eigenvalue weighted by molar-refractivity contribution is -0.119. The number of hydrogen-bond acceptors (Lipinski definition) is 5. The smallest absolute Gasteiger partial charge is 0.338 e. The van der Waals surface area contributed by atoms with E-state index in [0.29, 0.717) is 11.3 Å². The molecule has 1 N–H and O–H groups in total. The van der Waals surface area contributed by atoms with Gasteiger partial charge in [-0.05, 0) is 49.9 Å². The van der Waals surface area contributed by atoms with Crippen LogP contribution in [0.2, 0.25) is 0 Å². The van der Waals surface area contributed by atoms with Gasteiger partial charge in [-0.15, -0.1) is 0 Å². The lowest BCUT2D eigenvalue weighted by Gasteiger charge is -2.35.